The van der Waals surface area contributed by atoms with Gasteiger partial charge in [-0.05, 0) is 19.1 Å². The number of H-pyrrole nitrogens is 1. The Morgan fingerprint density at radius 3 is 2.90 bits per heavy atom. The van der Waals surface area contributed by atoms with Gasteiger partial charge in [-0.1, -0.05) is 12.1 Å². The van der Waals surface area contributed by atoms with Crippen LogP contribution in [0.5, 0.6) is 0 Å². The van der Waals surface area contributed by atoms with Gasteiger partial charge in [-0.15, -0.1) is 0 Å². The maximum Gasteiger partial charge on any atom is 0.261 e. The van der Waals surface area contributed by atoms with Crippen LogP contribution in [0.4, 0.5) is 5.95 Å². The number of aromatic amines is 1. The lowest BCUT2D eigenvalue weighted by molar-refractivity contribution is -0.118. The molecule has 1 amide bonds. The van der Waals surface area contributed by atoms with Crippen LogP contribution in [0.1, 0.15) is 13.0 Å². The van der Waals surface area contributed by atoms with Gasteiger partial charge >= 0.3 is 0 Å². The summed E-state index contributed by atoms with van der Waals surface area (Å²) >= 11 is 0. The molecule has 3 rings (SSSR count). The van der Waals surface area contributed by atoms with Crippen LogP contribution in [0.25, 0.3) is 10.9 Å². The topological polar surface area (TPSA) is 106 Å². The summed E-state index contributed by atoms with van der Waals surface area (Å²) in [6.45, 7) is 1.61. The van der Waals surface area contributed by atoms with E-state index >= 15 is 0 Å². The number of nitrogens with one attached hydrogen (secondary N) is 2. The first-order chi connectivity index (χ1) is 10.2. The molecule has 21 heavy (non-hydrogen) atoms. The van der Waals surface area contributed by atoms with Gasteiger partial charge < -0.3 is 0 Å². The molecule has 0 spiro atoms. The van der Waals surface area contributed by atoms with Gasteiger partial charge in [0.05, 0.1) is 17.2 Å². The third kappa shape index (κ3) is 2.38. The highest BCUT2D eigenvalue weighted by atomic mass is 16.2. The van der Waals surface area contributed by atoms with E-state index < -0.39 is 6.04 Å². The van der Waals surface area contributed by atoms with Crippen molar-refractivity contribution in [2.75, 3.05) is 5.32 Å². The fraction of sp³-hybridized carbons (Fsp3) is 0.154. The molecule has 2 N–H and O–H groups in total. The summed E-state index contributed by atoms with van der Waals surface area (Å²) in [6.07, 6.45) is 2.65. The Balaban J connectivity index is 1.94. The summed E-state index contributed by atoms with van der Waals surface area (Å²) in [5, 5.41) is 9.17. The molecule has 0 saturated carbocycles. The van der Waals surface area contributed by atoms with E-state index in [-0.39, 0.29) is 17.4 Å². The van der Waals surface area contributed by atoms with E-state index in [9.17, 15) is 9.59 Å². The second-order valence-electron chi connectivity index (χ2n) is 4.47. The summed E-state index contributed by atoms with van der Waals surface area (Å²) in [7, 11) is 0. The standard InChI is InChI=1S/C13H12N6O2/c1-8(11(20)17-13-14-6-16-18-13)19-7-15-10-5-3-2-4-9(10)12(19)21/h2-8H,1H3,(H2,14,16,17,18,20). The number of carbonyl (C=O) groups is 1. The first-order valence-electron chi connectivity index (χ1n) is 6.29. The third-order valence-corrected chi connectivity index (χ3v) is 3.14. The minimum Gasteiger partial charge on any atom is -0.293 e. The van der Waals surface area contributed by atoms with Crippen molar-refractivity contribution in [2.45, 2.75) is 13.0 Å². The molecular formula is C13H12N6O2. The number of carbonyl (C=O) groups excluding carboxylic acids is 1. The predicted molar refractivity (Wildman–Crippen MR) is 75.7 cm³/mol. The highest BCUT2D eigenvalue weighted by Crippen LogP contribution is 2.09. The van der Waals surface area contributed by atoms with Crippen LogP contribution in [0.3, 0.4) is 0 Å². The second-order valence-corrected chi connectivity index (χ2v) is 4.47. The van der Waals surface area contributed by atoms with Crippen molar-refractivity contribution in [3.8, 4) is 0 Å². The number of rotatable bonds is 3. The molecule has 2 aromatic heterocycles. The number of para-hydroxylation sites is 1. The van der Waals surface area contributed by atoms with E-state index in [0.29, 0.717) is 10.9 Å². The number of nitrogens with zero attached hydrogens (tertiary/aromatic N) is 4. The van der Waals surface area contributed by atoms with Gasteiger partial charge in [-0.25, -0.2) is 10.1 Å². The Morgan fingerprint density at radius 1 is 1.33 bits per heavy atom. The van der Waals surface area contributed by atoms with Crippen molar-refractivity contribution in [3.63, 3.8) is 0 Å². The van der Waals surface area contributed by atoms with Gasteiger partial charge in [-0.2, -0.15) is 10.1 Å². The molecule has 1 atom stereocenters. The van der Waals surface area contributed by atoms with Crippen molar-refractivity contribution >= 4 is 22.8 Å². The third-order valence-electron chi connectivity index (χ3n) is 3.14. The van der Waals surface area contributed by atoms with E-state index in [0.717, 1.165) is 0 Å². The zero-order chi connectivity index (χ0) is 14.8. The van der Waals surface area contributed by atoms with Gasteiger partial charge in [0.25, 0.3) is 5.56 Å². The maximum atomic E-state index is 12.4. The molecule has 3 aromatic rings. The average molecular weight is 284 g/mol. The number of anilines is 1. The Labute approximate surface area is 118 Å². The van der Waals surface area contributed by atoms with Crippen molar-refractivity contribution in [1.29, 1.82) is 0 Å². The van der Waals surface area contributed by atoms with E-state index in [1.54, 1.807) is 31.2 Å². The van der Waals surface area contributed by atoms with Crippen LogP contribution >= 0.6 is 0 Å². The molecular weight excluding hydrogens is 272 g/mol. The lowest BCUT2D eigenvalue weighted by atomic mass is 10.2. The molecule has 1 aromatic carbocycles. The molecule has 0 aliphatic heterocycles. The number of benzene rings is 1. The summed E-state index contributed by atoms with van der Waals surface area (Å²) in [5.74, 6) is -0.153. The Bertz CT molecular complexity index is 839. The number of hydrogen-bond acceptors (Lipinski definition) is 5. The number of hydrogen-bond donors (Lipinski definition) is 2. The lowest BCUT2D eigenvalue weighted by Gasteiger charge is -2.14. The highest BCUT2D eigenvalue weighted by Gasteiger charge is 2.18. The molecule has 0 saturated heterocycles. The van der Waals surface area contributed by atoms with Gasteiger partial charge in [0.1, 0.15) is 12.4 Å². The van der Waals surface area contributed by atoms with Crippen molar-refractivity contribution < 1.29 is 4.79 Å². The van der Waals surface area contributed by atoms with E-state index in [4.69, 9.17) is 0 Å². The molecule has 2 heterocycles. The molecule has 0 aliphatic rings. The van der Waals surface area contributed by atoms with E-state index in [1.165, 1.54) is 17.2 Å². The fourth-order valence-electron chi connectivity index (χ4n) is 1.97. The fourth-order valence-corrected chi connectivity index (χ4v) is 1.97. The molecule has 1 unspecified atom stereocenters. The number of amides is 1. The van der Waals surface area contributed by atoms with Crippen LogP contribution in [0.2, 0.25) is 0 Å². The van der Waals surface area contributed by atoms with Crippen LogP contribution < -0.4 is 10.9 Å². The Kier molecular flexibility index (Phi) is 3.19. The molecule has 0 fully saturated rings. The van der Waals surface area contributed by atoms with Crippen molar-refractivity contribution in [2.24, 2.45) is 0 Å². The SMILES string of the molecule is CC(C(=O)Nc1ncn[nH]1)n1cnc2ccccc2c1=O. The molecule has 8 heteroatoms. The van der Waals surface area contributed by atoms with Gasteiger partial charge in [0, 0.05) is 0 Å². The Morgan fingerprint density at radius 2 is 2.14 bits per heavy atom. The average Bonchev–Trinajstić information content (AvgIpc) is 3.00. The molecule has 0 bridgehead atoms. The zero-order valence-electron chi connectivity index (χ0n) is 11.1. The first-order valence-corrected chi connectivity index (χ1v) is 6.29. The predicted octanol–water partition coefficient (Wildman–Crippen LogP) is 0.714. The first kappa shape index (κ1) is 13.0. The zero-order valence-corrected chi connectivity index (χ0v) is 11.1. The van der Waals surface area contributed by atoms with Crippen LogP contribution in [0.15, 0.2) is 41.7 Å². The quantitative estimate of drug-likeness (QED) is 0.737. The summed E-state index contributed by atoms with van der Waals surface area (Å²) < 4.78 is 1.29. The van der Waals surface area contributed by atoms with Crippen LogP contribution in [-0.4, -0.2) is 30.6 Å². The molecule has 0 aliphatic carbocycles. The number of fused-ring (bicyclic) bond motifs is 1. The lowest BCUT2D eigenvalue weighted by Crippen LogP contribution is -2.32. The minimum absolute atomic E-state index is 0.230. The van der Waals surface area contributed by atoms with Crippen molar-refractivity contribution in [1.82, 2.24) is 24.7 Å². The maximum absolute atomic E-state index is 12.4. The highest BCUT2D eigenvalue weighted by molar-refractivity contribution is 5.92. The molecule has 8 nitrogen and oxygen atoms in total. The molecule has 106 valence electrons. The number of aromatic nitrogens is 5. The van der Waals surface area contributed by atoms with Gasteiger partial charge in [0.2, 0.25) is 11.9 Å². The monoisotopic (exact) mass is 284 g/mol. The largest absolute Gasteiger partial charge is 0.293 e. The van der Waals surface area contributed by atoms with E-state index in [2.05, 4.69) is 25.5 Å². The second kappa shape index (κ2) is 5.16. The summed E-state index contributed by atoms with van der Waals surface area (Å²) in [4.78, 5) is 32.5. The Hall–Kier alpha value is -3.03. The summed E-state index contributed by atoms with van der Waals surface area (Å²) in [6, 6.07) is 6.27. The van der Waals surface area contributed by atoms with Crippen molar-refractivity contribution in [3.05, 3.63) is 47.3 Å². The molecule has 0 radical (unpaired) electrons. The van der Waals surface area contributed by atoms with Gasteiger partial charge in [-0.3, -0.25) is 19.5 Å². The van der Waals surface area contributed by atoms with Crippen LogP contribution in [-0.2, 0) is 4.79 Å². The van der Waals surface area contributed by atoms with Gasteiger partial charge in [0.15, 0.2) is 0 Å². The minimum atomic E-state index is -0.722. The summed E-state index contributed by atoms with van der Waals surface area (Å²) in [5.41, 5.74) is 0.336. The van der Waals surface area contributed by atoms with E-state index in [1.807, 2.05) is 0 Å². The normalized spacial score (nSPS) is 12.2. The smallest absolute Gasteiger partial charge is 0.261 e. The van der Waals surface area contributed by atoms with Crippen LogP contribution in [0, 0.1) is 0 Å².